The fourth-order valence-electron chi connectivity index (χ4n) is 6.65. The normalized spacial score (nSPS) is 30.2. The highest BCUT2D eigenvalue weighted by atomic mass is 32.2. The number of ether oxygens (including phenoxy) is 1. The quantitative estimate of drug-likeness (QED) is 0.257. The van der Waals surface area contributed by atoms with Gasteiger partial charge in [0.05, 0.1) is 35.8 Å². The first-order chi connectivity index (χ1) is 18.1. The third kappa shape index (κ3) is 4.49. The molecule has 1 aromatic carbocycles. The first-order valence-electron chi connectivity index (χ1n) is 13.5. The number of benzene rings is 1. The molecule has 0 saturated carbocycles. The molecule has 1 spiro atoms. The van der Waals surface area contributed by atoms with Crippen LogP contribution in [0.5, 0.6) is 0 Å². The fraction of sp³-hybridized carbons (Fsp3) is 0.567. The van der Waals surface area contributed by atoms with Crippen LogP contribution in [0.25, 0.3) is 0 Å². The number of aliphatic hydroxyl groups excluding tert-OH is 1. The Balaban J connectivity index is 1.77. The zero-order valence-electron chi connectivity index (χ0n) is 22.9. The van der Waals surface area contributed by atoms with E-state index < -0.39 is 33.4 Å². The number of hydrogen-bond acceptors (Lipinski definition) is 6. The summed E-state index contributed by atoms with van der Waals surface area (Å²) in [5, 5.41) is 10.1. The van der Waals surface area contributed by atoms with E-state index in [4.69, 9.17) is 4.74 Å². The number of thioether (sulfide) groups is 1. The largest absolute Gasteiger partial charge is 0.465 e. The number of amides is 2. The van der Waals surface area contributed by atoms with Crippen molar-refractivity contribution in [2.75, 3.05) is 24.7 Å². The Kier molecular flexibility index (Phi) is 8.15. The van der Waals surface area contributed by atoms with Gasteiger partial charge in [0.25, 0.3) is 5.91 Å². The van der Waals surface area contributed by atoms with Crippen LogP contribution in [-0.4, -0.2) is 69.1 Å². The summed E-state index contributed by atoms with van der Waals surface area (Å²) in [6, 6.07) is 4.58. The van der Waals surface area contributed by atoms with E-state index in [0.29, 0.717) is 19.3 Å². The van der Waals surface area contributed by atoms with Crippen molar-refractivity contribution in [2.24, 2.45) is 11.8 Å². The van der Waals surface area contributed by atoms with Crippen molar-refractivity contribution in [1.82, 2.24) is 4.90 Å². The van der Waals surface area contributed by atoms with Crippen LogP contribution < -0.4 is 4.90 Å². The molecule has 8 heteroatoms. The number of aryl methyl sites for hydroxylation is 2. The van der Waals surface area contributed by atoms with Gasteiger partial charge in [0.2, 0.25) is 5.91 Å². The highest BCUT2D eigenvalue weighted by molar-refractivity contribution is 8.02. The predicted octanol–water partition coefficient (Wildman–Crippen LogP) is 4.19. The van der Waals surface area contributed by atoms with Gasteiger partial charge in [-0.15, -0.1) is 24.9 Å². The van der Waals surface area contributed by atoms with Crippen LogP contribution in [0.2, 0.25) is 0 Å². The molecule has 0 aromatic heterocycles. The molecule has 2 amide bonds. The first kappa shape index (κ1) is 28.4. The molecule has 3 saturated heterocycles. The van der Waals surface area contributed by atoms with E-state index in [-0.39, 0.29) is 37.5 Å². The van der Waals surface area contributed by atoms with E-state index in [9.17, 15) is 19.5 Å². The van der Waals surface area contributed by atoms with Crippen molar-refractivity contribution in [3.05, 3.63) is 54.6 Å². The van der Waals surface area contributed by atoms with E-state index in [0.717, 1.165) is 23.2 Å². The minimum Gasteiger partial charge on any atom is -0.465 e. The minimum absolute atomic E-state index is 0.202. The van der Waals surface area contributed by atoms with Crippen LogP contribution >= 0.6 is 11.8 Å². The average Bonchev–Trinajstić information content (AvgIpc) is 3.46. The lowest BCUT2D eigenvalue weighted by Gasteiger charge is -2.39. The van der Waals surface area contributed by atoms with Gasteiger partial charge < -0.3 is 19.6 Å². The van der Waals surface area contributed by atoms with Gasteiger partial charge in [-0.1, -0.05) is 24.3 Å². The number of esters is 1. The SMILES string of the molecule is C=CCCCOC(=O)[C@H]1[C@H]2C(=O)N([C@H](C)CO)C(C(=O)N(CC=C)c3cc(C)ccc3C)C23CC[C@]1(C)S3. The summed E-state index contributed by atoms with van der Waals surface area (Å²) in [5.41, 5.74) is 2.75. The monoisotopic (exact) mass is 540 g/mol. The Hall–Kier alpha value is -2.58. The molecular formula is C30H40N2O5S. The Bertz CT molecular complexity index is 1140. The van der Waals surface area contributed by atoms with Crippen LogP contribution in [0.1, 0.15) is 50.7 Å². The smallest absolute Gasteiger partial charge is 0.311 e. The van der Waals surface area contributed by atoms with Gasteiger partial charge in [0.1, 0.15) is 6.04 Å². The number of carbonyl (C=O) groups excluding carboxylic acids is 3. The van der Waals surface area contributed by atoms with E-state index >= 15 is 0 Å². The minimum atomic E-state index is -0.813. The number of likely N-dealkylation sites (tertiary alicyclic amines) is 1. The van der Waals surface area contributed by atoms with Crippen LogP contribution in [0, 0.1) is 25.7 Å². The lowest BCUT2D eigenvalue weighted by atomic mass is 9.66. The number of allylic oxidation sites excluding steroid dienone is 1. The Morgan fingerprint density at radius 1 is 1.29 bits per heavy atom. The summed E-state index contributed by atoms with van der Waals surface area (Å²) in [6.45, 7) is 15.6. The van der Waals surface area contributed by atoms with Gasteiger partial charge in [-0.05, 0) is 70.6 Å². The molecule has 3 aliphatic heterocycles. The Labute approximate surface area is 230 Å². The number of unbranched alkanes of at least 4 members (excludes halogenated alkanes) is 1. The lowest BCUT2D eigenvalue weighted by molar-refractivity contribution is -0.156. The molecule has 3 fully saturated rings. The summed E-state index contributed by atoms with van der Waals surface area (Å²) in [5.74, 6) is -2.13. The molecule has 0 radical (unpaired) electrons. The third-order valence-corrected chi connectivity index (χ3v) is 10.5. The number of hydrogen-bond donors (Lipinski definition) is 1. The van der Waals surface area contributed by atoms with Gasteiger partial charge in [-0.25, -0.2) is 0 Å². The van der Waals surface area contributed by atoms with Gasteiger partial charge in [0.15, 0.2) is 0 Å². The second-order valence-electron chi connectivity index (χ2n) is 11.1. The van der Waals surface area contributed by atoms with Gasteiger partial charge in [0, 0.05) is 17.0 Å². The molecule has 1 N–H and O–H groups in total. The molecule has 7 nitrogen and oxygen atoms in total. The van der Waals surface area contributed by atoms with Crippen molar-refractivity contribution in [2.45, 2.75) is 75.0 Å². The topological polar surface area (TPSA) is 87.1 Å². The maximum atomic E-state index is 14.6. The molecule has 2 bridgehead atoms. The Morgan fingerprint density at radius 3 is 2.68 bits per heavy atom. The van der Waals surface area contributed by atoms with Crippen LogP contribution in [0.15, 0.2) is 43.5 Å². The van der Waals surface area contributed by atoms with Gasteiger partial charge in [-0.3, -0.25) is 14.4 Å². The van der Waals surface area contributed by atoms with Gasteiger partial charge >= 0.3 is 5.97 Å². The second-order valence-corrected chi connectivity index (χ2v) is 13.0. The summed E-state index contributed by atoms with van der Waals surface area (Å²) in [7, 11) is 0. The fourth-order valence-corrected chi connectivity index (χ4v) is 8.97. The molecule has 2 unspecified atom stereocenters. The van der Waals surface area contributed by atoms with Crippen LogP contribution in [-0.2, 0) is 19.1 Å². The van der Waals surface area contributed by atoms with Crippen molar-refractivity contribution >= 4 is 35.2 Å². The molecule has 4 rings (SSSR count). The lowest BCUT2D eigenvalue weighted by Crippen LogP contribution is -2.57. The van der Waals surface area contributed by atoms with Crippen LogP contribution in [0.3, 0.4) is 0 Å². The number of fused-ring (bicyclic) bond motifs is 1. The molecule has 206 valence electrons. The average molecular weight is 541 g/mol. The zero-order valence-corrected chi connectivity index (χ0v) is 23.8. The van der Waals surface area contributed by atoms with Gasteiger partial charge in [-0.2, -0.15) is 0 Å². The van der Waals surface area contributed by atoms with Crippen LogP contribution in [0.4, 0.5) is 5.69 Å². The van der Waals surface area contributed by atoms with E-state index in [1.165, 1.54) is 0 Å². The molecular weight excluding hydrogens is 500 g/mol. The predicted molar refractivity (Wildman–Crippen MR) is 151 cm³/mol. The number of rotatable bonds is 11. The number of anilines is 1. The second kappa shape index (κ2) is 10.9. The van der Waals surface area contributed by atoms with Crippen molar-refractivity contribution < 1.29 is 24.2 Å². The van der Waals surface area contributed by atoms with E-state index in [1.54, 1.807) is 40.6 Å². The molecule has 6 atom stereocenters. The van der Waals surface area contributed by atoms with Crippen molar-refractivity contribution in [1.29, 1.82) is 0 Å². The summed E-state index contributed by atoms with van der Waals surface area (Å²) < 4.78 is 4.41. The molecule has 0 aliphatic carbocycles. The number of carbonyl (C=O) groups is 3. The Morgan fingerprint density at radius 2 is 2.03 bits per heavy atom. The summed E-state index contributed by atoms with van der Waals surface area (Å²) in [4.78, 5) is 45.5. The molecule has 1 aromatic rings. The number of aliphatic hydroxyl groups is 1. The molecule has 3 aliphatic rings. The highest BCUT2D eigenvalue weighted by Gasteiger charge is 2.78. The first-order valence-corrected chi connectivity index (χ1v) is 14.3. The zero-order chi connectivity index (χ0) is 27.8. The van der Waals surface area contributed by atoms with Crippen molar-refractivity contribution in [3.8, 4) is 0 Å². The van der Waals surface area contributed by atoms with E-state index in [1.807, 2.05) is 39.0 Å². The van der Waals surface area contributed by atoms with Crippen molar-refractivity contribution in [3.63, 3.8) is 0 Å². The van der Waals surface area contributed by atoms with E-state index in [2.05, 4.69) is 13.2 Å². The molecule has 3 heterocycles. The standard InChI is InChI=1S/C30H40N2O5S/c1-7-9-10-16-37-28(36)24-23-26(34)32(21(5)18-33)25(30(23)14-13-29(24,6)38-30)27(35)31(15-8-2)22-17-19(3)11-12-20(22)4/h7-8,11-12,17,21,23-25,33H,1-2,9-10,13-16,18H2,3-6H3/t21-,23+,24-,25?,29+,30?/m1/s1. The maximum absolute atomic E-state index is 14.6. The highest BCUT2D eigenvalue weighted by Crippen LogP contribution is 2.71. The summed E-state index contributed by atoms with van der Waals surface area (Å²) in [6.07, 6.45) is 6.25. The molecule has 38 heavy (non-hydrogen) atoms. The maximum Gasteiger partial charge on any atom is 0.311 e. The summed E-state index contributed by atoms with van der Waals surface area (Å²) >= 11 is 1.61. The third-order valence-electron chi connectivity index (χ3n) is 8.47. The number of nitrogens with zero attached hydrogens (tertiary/aromatic N) is 2.